The fourth-order valence-electron chi connectivity index (χ4n) is 2.74. The van der Waals surface area contributed by atoms with Crippen molar-refractivity contribution in [3.63, 3.8) is 0 Å². The Labute approximate surface area is 158 Å². The van der Waals surface area contributed by atoms with E-state index >= 15 is 0 Å². The molecule has 3 nitrogen and oxygen atoms in total. The van der Waals surface area contributed by atoms with Crippen LogP contribution in [0.2, 0.25) is 0 Å². The Morgan fingerprint density at radius 1 is 1.00 bits per heavy atom. The summed E-state index contributed by atoms with van der Waals surface area (Å²) in [5, 5.41) is -0.101. The molecule has 1 aliphatic heterocycles. The van der Waals surface area contributed by atoms with E-state index < -0.39 is 0 Å². The van der Waals surface area contributed by atoms with Gasteiger partial charge in [-0.25, -0.2) is 0 Å². The molecule has 0 saturated carbocycles. The summed E-state index contributed by atoms with van der Waals surface area (Å²) < 4.78 is 6.36. The summed E-state index contributed by atoms with van der Waals surface area (Å²) in [5.74, 6) is 0.665. The molecule has 2 aromatic carbocycles. The van der Waals surface area contributed by atoms with E-state index in [4.69, 9.17) is 4.42 Å². The Morgan fingerprint density at radius 2 is 1.76 bits per heavy atom. The van der Waals surface area contributed by atoms with Crippen molar-refractivity contribution in [1.29, 1.82) is 0 Å². The van der Waals surface area contributed by atoms with Crippen LogP contribution >= 0.6 is 27.7 Å². The Hall–Kier alpha value is -2.24. The zero-order valence-electron chi connectivity index (χ0n) is 13.1. The molecule has 2 heterocycles. The number of rotatable bonds is 3. The van der Waals surface area contributed by atoms with Gasteiger partial charge in [0.15, 0.2) is 0 Å². The molecular formula is C20H14BrNO2S. The second-order valence-corrected chi connectivity index (χ2v) is 7.59. The second-order valence-electron chi connectivity index (χ2n) is 5.56. The van der Waals surface area contributed by atoms with Gasteiger partial charge < -0.3 is 4.42 Å². The number of carbonyl (C=O) groups is 1. The van der Waals surface area contributed by atoms with Crippen LogP contribution in [0.3, 0.4) is 0 Å². The SMILES string of the molecule is O=C1C(=Cc2ccco2)SC(c2ccccc2)N1c1ccc(Br)cc1. The smallest absolute Gasteiger partial charge is 0.266 e. The van der Waals surface area contributed by atoms with Crippen LogP contribution < -0.4 is 4.90 Å². The van der Waals surface area contributed by atoms with Crippen LogP contribution in [0, 0.1) is 0 Å². The quantitative estimate of drug-likeness (QED) is 0.505. The highest BCUT2D eigenvalue weighted by Crippen LogP contribution is 2.48. The number of nitrogens with zero attached hydrogens (tertiary/aromatic N) is 1. The van der Waals surface area contributed by atoms with Gasteiger partial charge in [0.05, 0.1) is 11.2 Å². The predicted molar refractivity (Wildman–Crippen MR) is 105 cm³/mol. The highest BCUT2D eigenvalue weighted by Gasteiger charge is 2.38. The van der Waals surface area contributed by atoms with Crippen molar-refractivity contribution < 1.29 is 9.21 Å². The molecule has 0 aliphatic carbocycles. The van der Waals surface area contributed by atoms with Crippen LogP contribution in [0.5, 0.6) is 0 Å². The summed E-state index contributed by atoms with van der Waals surface area (Å²) in [7, 11) is 0. The molecule has 1 aromatic heterocycles. The molecule has 0 spiro atoms. The fraction of sp³-hybridized carbons (Fsp3) is 0.0500. The van der Waals surface area contributed by atoms with Crippen LogP contribution in [0.15, 0.2) is 86.8 Å². The molecule has 1 unspecified atom stereocenters. The first kappa shape index (κ1) is 16.2. The van der Waals surface area contributed by atoms with E-state index in [0.717, 1.165) is 15.7 Å². The summed E-state index contributed by atoms with van der Waals surface area (Å²) in [5.41, 5.74) is 1.96. The van der Waals surface area contributed by atoms with Crippen molar-refractivity contribution in [1.82, 2.24) is 0 Å². The summed E-state index contributed by atoms with van der Waals surface area (Å²) >= 11 is 4.99. The van der Waals surface area contributed by atoms with Gasteiger partial charge in [-0.15, -0.1) is 0 Å². The summed E-state index contributed by atoms with van der Waals surface area (Å²) in [6.07, 6.45) is 3.42. The van der Waals surface area contributed by atoms with Crippen LogP contribution in [0.4, 0.5) is 5.69 Å². The number of hydrogen-bond acceptors (Lipinski definition) is 3. The van der Waals surface area contributed by atoms with E-state index in [1.807, 2.05) is 77.7 Å². The van der Waals surface area contributed by atoms with Gasteiger partial charge in [-0.1, -0.05) is 58.0 Å². The molecule has 1 fully saturated rings. The largest absolute Gasteiger partial charge is 0.465 e. The molecule has 5 heteroatoms. The molecular weight excluding hydrogens is 398 g/mol. The van der Waals surface area contributed by atoms with Crippen molar-refractivity contribution in [2.75, 3.05) is 4.90 Å². The Bertz CT molecular complexity index is 905. The number of amides is 1. The van der Waals surface area contributed by atoms with Crippen LogP contribution in [-0.2, 0) is 4.79 Å². The Morgan fingerprint density at radius 3 is 2.44 bits per heavy atom. The standard InChI is InChI=1S/C20H14BrNO2S/c21-15-8-10-16(11-9-15)22-19(23)18(13-17-7-4-12-24-17)25-20(22)14-5-2-1-3-6-14/h1-13,20H. The molecule has 25 heavy (non-hydrogen) atoms. The zero-order chi connectivity index (χ0) is 17.2. The average Bonchev–Trinajstić information content (AvgIpc) is 3.26. The number of thioether (sulfide) groups is 1. The van der Waals surface area contributed by atoms with E-state index in [1.54, 1.807) is 18.0 Å². The first-order chi connectivity index (χ1) is 12.2. The summed E-state index contributed by atoms with van der Waals surface area (Å²) in [6.45, 7) is 0. The maximum absolute atomic E-state index is 13.1. The van der Waals surface area contributed by atoms with Gasteiger partial charge in [0.25, 0.3) is 5.91 Å². The summed E-state index contributed by atoms with van der Waals surface area (Å²) in [4.78, 5) is 15.6. The molecule has 1 aliphatic rings. The van der Waals surface area contributed by atoms with Crippen molar-refractivity contribution >= 4 is 45.4 Å². The lowest BCUT2D eigenvalue weighted by Crippen LogP contribution is -2.27. The van der Waals surface area contributed by atoms with Gasteiger partial charge >= 0.3 is 0 Å². The molecule has 1 atom stereocenters. The minimum absolute atomic E-state index is 0.0161. The highest BCUT2D eigenvalue weighted by atomic mass is 79.9. The minimum atomic E-state index is -0.101. The van der Waals surface area contributed by atoms with Crippen LogP contribution in [-0.4, -0.2) is 5.91 Å². The molecule has 4 rings (SSSR count). The van der Waals surface area contributed by atoms with Crippen molar-refractivity contribution in [2.24, 2.45) is 0 Å². The number of carbonyl (C=O) groups excluding carboxylic acids is 1. The Balaban J connectivity index is 1.77. The minimum Gasteiger partial charge on any atom is -0.465 e. The Kier molecular flexibility index (Phi) is 4.51. The maximum atomic E-state index is 13.1. The van der Waals surface area contributed by atoms with Gasteiger partial charge in [-0.3, -0.25) is 9.69 Å². The lowest BCUT2D eigenvalue weighted by Gasteiger charge is -2.23. The van der Waals surface area contributed by atoms with Gasteiger partial charge in [0.1, 0.15) is 11.1 Å². The molecule has 1 amide bonds. The average molecular weight is 412 g/mol. The third kappa shape index (κ3) is 3.30. The third-order valence-electron chi connectivity index (χ3n) is 3.91. The number of hydrogen-bond donors (Lipinski definition) is 0. The summed E-state index contributed by atoms with van der Waals surface area (Å²) in [6, 6.07) is 21.5. The maximum Gasteiger partial charge on any atom is 0.266 e. The normalized spacial score (nSPS) is 18.9. The van der Waals surface area contributed by atoms with Crippen LogP contribution in [0.25, 0.3) is 6.08 Å². The highest BCUT2D eigenvalue weighted by molar-refractivity contribution is 9.10. The van der Waals surface area contributed by atoms with Gasteiger partial charge in [-0.05, 0) is 48.0 Å². The first-order valence-electron chi connectivity index (χ1n) is 7.78. The van der Waals surface area contributed by atoms with E-state index in [2.05, 4.69) is 15.9 Å². The van der Waals surface area contributed by atoms with E-state index in [-0.39, 0.29) is 11.3 Å². The van der Waals surface area contributed by atoms with Crippen molar-refractivity contribution in [3.8, 4) is 0 Å². The van der Waals surface area contributed by atoms with Gasteiger partial charge in [-0.2, -0.15) is 0 Å². The van der Waals surface area contributed by atoms with Crippen molar-refractivity contribution in [3.05, 3.63) is 93.7 Å². The lowest BCUT2D eigenvalue weighted by molar-refractivity contribution is -0.114. The molecule has 0 bridgehead atoms. The second kappa shape index (κ2) is 6.94. The zero-order valence-corrected chi connectivity index (χ0v) is 15.5. The van der Waals surface area contributed by atoms with E-state index in [9.17, 15) is 4.79 Å². The number of benzene rings is 2. The van der Waals surface area contributed by atoms with Crippen molar-refractivity contribution in [2.45, 2.75) is 5.37 Å². The number of halogens is 1. The third-order valence-corrected chi connectivity index (χ3v) is 5.69. The molecule has 0 radical (unpaired) electrons. The number of furan rings is 1. The number of anilines is 1. The van der Waals surface area contributed by atoms with E-state index in [1.165, 1.54) is 0 Å². The molecule has 1 saturated heterocycles. The molecule has 124 valence electrons. The van der Waals surface area contributed by atoms with E-state index in [0.29, 0.717) is 10.7 Å². The van der Waals surface area contributed by atoms with Gasteiger partial charge in [0, 0.05) is 10.2 Å². The predicted octanol–water partition coefficient (Wildman–Crippen LogP) is 5.86. The lowest BCUT2D eigenvalue weighted by atomic mass is 10.2. The van der Waals surface area contributed by atoms with Gasteiger partial charge in [0.2, 0.25) is 0 Å². The molecule has 0 N–H and O–H groups in total. The topological polar surface area (TPSA) is 33.5 Å². The fourth-order valence-corrected chi connectivity index (χ4v) is 4.24. The molecule has 3 aromatic rings. The van der Waals surface area contributed by atoms with Crippen LogP contribution in [0.1, 0.15) is 16.7 Å². The first-order valence-corrected chi connectivity index (χ1v) is 9.45. The monoisotopic (exact) mass is 411 g/mol.